The lowest BCUT2D eigenvalue weighted by atomic mass is 10.1. The van der Waals surface area contributed by atoms with Crippen molar-refractivity contribution in [2.75, 3.05) is 13.6 Å². The van der Waals surface area contributed by atoms with Crippen LogP contribution in [0.25, 0.3) is 0 Å². The van der Waals surface area contributed by atoms with Crippen molar-refractivity contribution in [3.05, 3.63) is 35.4 Å². The van der Waals surface area contributed by atoms with Crippen LogP contribution in [0.2, 0.25) is 0 Å². The van der Waals surface area contributed by atoms with Gasteiger partial charge in [-0.2, -0.15) is 0 Å². The van der Waals surface area contributed by atoms with E-state index in [1.54, 1.807) is 38.2 Å². The molecule has 1 aromatic rings. The first-order chi connectivity index (χ1) is 7.86. The van der Waals surface area contributed by atoms with Gasteiger partial charge in [-0.15, -0.1) is 0 Å². The highest BCUT2D eigenvalue weighted by atomic mass is 32.2. The second-order valence-corrected chi connectivity index (χ2v) is 6.25. The number of benzene rings is 1. The molecule has 0 saturated heterocycles. The van der Waals surface area contributed by atoms with E-state index >= 15 is 0 Å². The Bertz CT molecular complexity index is 495. The summed E-state index contributed by atoms with van der Waals surface area (Å²) in [5.74, 6) is -0.00501. The van der Waals surface area contributed by atoms with Gasteiger partial charge in [-0.25, -0.2) is 12.7 Å². The van der Waals surface area contributed by atoms with Crippen LogP contribution in [-0.2, 0) is 15.8 Å². The number of thiocarbonyl (C=S) groups is 1. The Morgan fingerprint density at radius 2 is 1.88 bits per heavy atom. The van der Waals surface area contributed by atoms with Gasteiger partial charge >= 0.3 is 0 Å². The van der Waals surface area contributed by atoms with E-state index in [0.29, 0.717) is 11.5 Å². The van der Waals surface area contributed by atoms with Crippen LogP contribution < -0.4 is 5.73 Å². The van der Waals surface area contributed by atoms with Crippen molar-refractivity contribution < 1.29 is 8.42 Å². The maximum Gasteiger partial charge on any atom is 0.218 e. The van der Waals surface area contributed by atoms with E-state index in [0.717, 1.165) is 11.1 Å². The number of hydrogen-bond donors (Lipinski definition) is 1. The highest BCUT2D eigenvalue weighted by molar-refractivity contribution is 7.88. The minimum absolute atomic E-state index is 0.00501. The van der Waals surface area contributed by atoms with E-state index in [2.05, 4.69) is 0 Å². The van der Waals surface area contributed by atoms with Crippen molar-refractivity contribution in [2.45, 2.75) is 12.7 Å². The Balaban J connectivity index is 2.86. The molecule has 1 aromatic carbocycles. The molecule has 17 heavy (non-hydrogen) atoms. The summed E-state index contributed by atoms with van der Waals surface area (Å²) >= 11 is 4.83. The summed E-state index contributed by atoms with van der Waals surface area (Å²) in [4.78, 5) is 0.310. The molecule has 0 saturated carbocycles. The van der Waals surface area contributed by atoms with Gasteiger partial charge < -0.3 is 5.73 Å². The summed E-state index contributed by atoms with van der Waals surface area (Å²) in [7, 11) is -1.66. The molecule has 0 amide bonds. The zero-order valence-electron chi connectivity index (χ0n) is 9.88. The zero-order valence-corrected chi connectivity index (χ0v) is 11.5. The molecule has 4 nitrogen and oxygen atoms in total. The van der Waals surface area contributed by atoms with Crippen LogP contribution >= 0.6 is 12.2 Å². The normalized spacial score (nSPS) is 11.7. The Kier molecular flexibility index (Phi) is 4.62. The van der Waals surface area contributed by atoms with Gasteiger partial charge in [0.25, 0.3) is 0 Å². The largest absolute Gasteiger partial charge is 0.389 e. The highest BCUT2D eigenvalue weighted by Gasteiger charge is 2.16. The van der Waals surface area contributed by atoms with Gasteiger partial charge in [0.05, 0.1) is 5.75 Å². The topological polar surface area (TPSA) is 63.4 Å². The molecule has 2 N–H and O–H groups in total. The molecule has 0 aromatic heterocycles. The van der Waals surface area contributed by atoms with Gasteiger partial charge in [0.2, 0.25) is 10.0 Å². The number of rotatable bonds is 5. The Morgan fingerprint density at radius 3 is 2.29 bits per heavy atom. The molecule has 0 aliphatic carbocycles. The van der Waals surface area contributed by atoms with Crippen molar-refractivity contribution in [3.8, 4) is 0 Å². The molecule has 0 radical (unpaired) electrons. The summed E-state index contributed by atoms with van der Waals surface area (Å²) < 4.78 is 25.0. The standard InChI is InChI=1S/C11H16N2O2S2/c1-3-13(2)17(14,15)8-9-4-6-10(7-5-9)11(12)16/h4-7H,3,8H2,1-2H3,(H2,12,16). The fourth-order valence-electron chi connectivity index (χ4n) is 1.28. The average Bonchev–Trinajstić information content (AvgIpc) is 2.28. The van der Waals surface area contributed by atoms with Gasteiger partial charge in [0.1, 0.15) is 4.99 Å². The minimum atomic E-state index is -3.23. The monoisotopic (exact) mass is 272 g/mol. The maximum absolute atomic E-state index is 11.8. The van der Waals surface area contributed by atoms with Crippen LogP contribution in [0.15, 0.2) is 24.3 Å². The number of hydrogen-bond acceptors (Lipinski definition) is 3. The van der Waals surface area contributed by atoms with Gasteiger partial charge in [-0.05, 0) is 5.56 Å². The smallest absolute Gasteiger partial charge is 0.218 e. The Hall–Kier alpha value is -0.980. The van der Waals surface area contributed by atoms with Crippen molar-refractivity contribution in [3.63, 3.8) is 0 Å². The molecule has 0 aliphatic rings. The van der Waals surface area contributed by atoms with Crippen molar-refractivity contribution >= 4 is 27.2 Å². The SMILES string of the molecule is CCN(C)S(=O)(=O)Cc1ccc(C(N)=S)cc1. The third-order valence-corrected chi connectivity index (χ3v) is 4.65. The summed E-state index contributed by atoms with van der Waals surface area (Å²) in [5, 5.41) is 0. The van der Waals surface area contributed by atoms with E-state index < -0.39 is 10.0 Å². The van der Waals surface area contributed by atoms with Crippen molar-refractivity contribution in [1.82, 2.24) is 4.31 Å². The predicted molar refractivity (Wildman–Crippen MR) is 73.3 cm³/mol. The van der Waals surface area contributed by atoms with E-state index in [4.69, 9.17) is 18.0 Å². The summed E-state index contributed by atoms with van der Waals surface area (Å²) in [5.41, 5.74) is 6.93. The molecular weight excluding hydrogens is 256 g/mol. The maximum atomic E-state index is 11.8. The molecule has 6 heteroatoms. The summed E-state index contributed by atoms with van der Waals surface area (Å²) in [6, 6.07) is 6.93. The molecule has 0 aliphatic heterocycles. The average molecular weight is 272 g/mol. The molecule has 1 rings (SSSR count). The lowest BCUT2D eigenvalue weighted by Gasteiger charge is -2.14. The Labute approximate surface area is 107 Å². The van der Waals surface area contributed by atoms with Crippen LogP contribution in [0, 0.1) is 0 Å². The van der Waals surface area contributed by atoms with Crippen LogP contribution in [0.4, 0.5) is 0 Å². The van der Waals surface area contributed by atoms with Crippen LogP contribution in [0.3, 0.4) is 0 Å². The first kappa shape index (κ1) is 14.1. The highest BCUT2D eigenvalue weighted by Crippen LogP contribution is 2.10. The third-order valence-electron chi connectivity index (χ3n) is 2.51. The van der Waals surface area contributed by atoms with E-state index in [-0.39, 0.29) is 5.75 Å². The first-order valence-electron chi connectivity index (χ1n) is 5.19. The molecule has 0 spiro atoms. The minimum Gasteiger partial charge on any atom is -0.389 e. The lowest BCUT2D eigenvalue weighted by Crippen LogP contribution is -2.27. The van der Waals surface area contributed by atoms with E-state index in [1.165, 1.54) is 4.31 Å². The van der Waals surface area contributed by atoms with Crippen molar-refractivity contribution in [1.29, 1.82) is 0 Å². The lowest BCUT2D eigenvalue weighted by molar-refractivity contribution is 0.485. The molecule has 0 bridgehead atoms. The summed E-state index contributed by atoms with van der Waals surface area (Å²) in [6.45, 7) is 2.26. The second-order valence-electron chi connectivity index (χ2n) is 3.73. The number of sulfonamides is 1. The van der Waals surface area contributed by atoms with Gasteiger partial charge in [0.15, 0.2) is 0 Å². The zero-order chi connectivity index (χ0) is 13.1. The van der Waals surface area contributed by atoms with Gasteiger partial charge in [-0.1, -0.05) is 43.4 Å². The molecule has 94 valence electrons. The van der Waals surface area contributed by atoms with Crippen LogP contribution in [-0.4, -0.2) is 31.3 Å². The second kappa shape index (κ2) is 5.57. The Morgan fingerprint density at radius 1 is 1.35 bits per heavy atom. The van der Waals surface area contributed by atoms with Crippen LogP contribution in [0.1, 0.15) is 18.1 Å². The van der Waals surface area contributed by atoms with E-state index in [1.807, 2.05) is 0 Å². The fourth-order valence-corrected chi connectivity index (χ4v) is 2.65. The van der Waals surface area contributed by atoms with Crippen LogP contribution in [0.5, 0.6) is 0 Å². The van der Waals surface area contributed by atoms with Gasteiger partial charge in [-0.3, -0.25) is 0 Å². The molecule has 0 atom stereocenters. The number of nitrogens with two attached hydrogens (primary N) is 1. The quantitative estimate of drug-likeness (QED) is 0.815. The predicted octanol–water partition coefficient (Wildman–Crippen LogP) is 1.10. The van der Waals surface area contributed by atoms with Gasteiger partial charge in [0, 0.05) is 19.2 Å². The molecule has 0 heterocycles. The fraction of sp³-hybridized carbons (Fsp3) is 0.364. The molecule has 0 fully saturated rings. The molecular formula is C11H16N2O2S2. The number of nitrogens with zero attached hydrogens (tertiary/aromatic N) is 1. The van der Waals surface area contributed by atoms with Crippen molar-refractivity contribution in [2.24, 2.45) is 5.73 Å². The third kappa shape index (κ3) is 3.76. The van der Waals surface area contributed by atoms with E-state index in [9.17, 15) is 8.42 Å². The first-order valence-corrected chi connectivity index (χ1v) is 7.21. The molecule has 0 unspecified atom stereocenters. The summed E-state index contributed by atoms with van der Waals surface area (Å²) in [6.07, 6.45) is 0.